The van der Waals surface area contributed by atoms with Gasteiger partial charge in [-0.05, 0) is 37.7 Å². The number of ether oxygens (including phenoxy) is 1. The molecular weight excluding hydrogens is 316 g/mol. The zero-order valence-electron chi connectivity index (χ0n) is 13.4. The lowest BCUT2D eigenvalue weighted by molar-refractivity contribution is -0.139. The summed E-state index contributed by atoms with van der Waals surface area (Å²) in [5, 5.41) is 12.2. The third-order valence-corrected chi connectivity index (χ3v) is 6.03. The number of aryl methyl sites for hydroxylation is 1. The molecule has 0 saturated carbocycles. The average Bonchev–Trinajstić information content (AvgIpc) is 3.11. The Balaban J connectivity index is 1.65. The van der Waals surface area contributed by atoms with Crippen LogP contribution in [-0.4, -0.2) is 54.7 Å². The van der Waals surface area contributed by atoms with Gasteiger partial charge in [-0.3, -0.25) is 9.59 Å². The van der Waals surface area contributed by atoms with Crippen molar-refractivity contribution in [1.82, 2.24) is 10.2 Å². The quantitative estimate of drug-likeness (QED) is 0.877. The minimum atomic E-state index is -0.779. The van der Waals surface area contributed by atoms with E-state index in [0.29, 0.717) is 30.1 Å². The number of amides is 1. The van der Waals surface area contributed by atoms with Crippen molar-refractivity contribution in [2.24, 2.45) is 5.41 Å². The molecule has 126 valence electrons. The lowest BCUT2D eigenvalue weighted by atomic mass is 9.76. The molecule has 2 saturated heterocycles. The molecule has 7 heteroatoms. The molecule has 1 aromatic rings. The maximum Gasteiger partial charge on any atom is 0.320 e. The molecule has 3 heterocycles. The highest BCUT2D eigenvalue weighted by atomic mass is 32.1. The van der Waals surface area contributed by atoms with E-state index < -0.39 is 12.0 Å². The van der Waals surface area contributed by atoms with Crippen molar-refractivity contribution in [3.8, 4) is 5.75 Å². The molecular formula is C16H22N2O4S. The van der Waals surface area contributed by atoms with Crippen LogP contribution in [0.5, 0.6) is 5.75 Å². The second-order valence-corrected chi connectivity index (χ2v) is 7.78. The standard InChI is InChI=1S/C16H22N2O4S/c1-10-7-12(22-2)13(23-10)14(19)18-5-3-16(4-6-18)8-11(15(20)21)17-9-16/h7,11,17H,3-6,8-9H2,1-2H3,(H,20,21)/t11-/m0/s1. The van der Waals surface area contributed by atoms with Crippen LogP contribution in [0.3, 0.4) is 0 Å². The Morgan fingerprint density at radius 3 is 2.70 bits per heavy atom. The van der Waals surface area contributed by atoms with Crippen LogP contribution in [0.4, 0.5) is 0 Å². The maximum absolute atomic E-state index is 12.7. The van der Waals surface area contributed by atoms with Gasteiger partial charge in [-0.25, -0.2) is 0 Å². The Labute approximate surface area is 139 Å². The Morgan fingerprint density at radius 2 is 2.13 bits per heavy atom. The molecule has 1 aromatic heterocycles. The third kappa shape index (κ3) is 3.07. The molecule has 2 aliphatic rings. The number of likely N-dealkylation sites (tertiary alicyclic amines) is 1. The first-order valence-electron chi connectivity index (χ1n) is 7.84. The molecule has 0 aliphatic carbocycles. The van der Waals surface area contributed by atoms with E-state index in [1.807, 2.05) is 17.9 Å². The summed E-state index contributed by atoms with van der Waals surface area (Å²) in [4.78, 5) is 27.4. The third-order valence-electron chi connectivity index (χ3n) is 5.01. The van der Waals surface area contributed by atoms with E-state index >= 15 is 0 Å². The topological polar surface area (TPSA) is 78.9 Å². The maximum atomic E-state index is 12.7. The number of methoxy groups -OCH3 is 1. The van der Waals surface area contributed by atoms with E-state index in [0.717, 1.165) is 24.3 Å². The van der Waals surface area contributed by atoms with Crippen molar-refractivity contribution >= 4 is 23.2 Å². The molecule has 0 radical (unpaired) electrons. The molecule has 0 aromatic carbocycles. The van der Waals surface area contributed by atoms with Gasteiger partial charge >= 0.3 is 5.97 Å². The van der Waals surface area contributed by atoms with E-state index in [9.17, 15) is 9.59 Å². The van der Waals surface area contributed by atoms with Gasteiger partial charge in [0, 0.05) is 24.5 Å². The molecule has 0 bridgehead atoms. The number of carboxylic acid groups (broad SMARTS) is 1. The fourth-order valence-corrected chi connectivity index (χ4v) is 4.54. The second kappa shape index (κ2) is 6.13. The highest BCUT2D eigenvalue weighted by molar-refractivity contribution is 7.14. The predicted molar refractivity (Wildman–Crippen MR) is 87.2 cm³/mol. The Bertz CT molecular complexity index is 620. The number of rotatable bonds is 3. The van der Waals surface area contributed by atoms with Gasteiger partial charge < -0.3 is 20.1 Å². The van der Waals surface area contributed by atoms with Crippen LogP contribution in [0.2, 0.25) is 0 Å². The monoisotopic (exact) mass is 338 g/mol. The first kappa shape index (κ1) is 16.3. The summed E-state index contributed by atoms with van der Waals surface area (Å²) < 4.78 is 5.30. The number of carbonyl (C=O) groups is 2. The number of hydrogen-bond acceptors (Lipinski definition) is 5. The van der Waals surface area contributed by atoms with Gasteiger partial charge in [0.25, 0.3) is 5.91 Å². The lowest BCUT2D eigenvalue weighted by Crippen LogP contribution is -2.43. The van der Waals surface area contributed by atoms with Crippen molar-refractivity contribution in [1.29, 1.82) is 0 Å². The van der Waals surface area contributed by atoms with Crippen LogP contribution in [-0.2, 0) is 4.79 Å². The van der Waals surface area contributed by atoms with Gasteiger partial charge in [0.05, 0.1) is 7.11 Å². The number of nitrogens with zero attached hydrogens (tertiary/aromatic N) is 1. The van der Waals surface area contributed by atoms with Crippen LogP contribution < -0.4 is 10.1 Å². The largest absolute Gasteiger partial charge is 0.495 e. The summed E-state index contributed by atoms with van der Waals surface area (Å²) in [6.07, 6.45) is 2.36. The highest BCUT2D eigenvalue weighted by Crippen LogP contribution is 2.40. The van der Waals surface area contributed by atoms with Crippen molar-refractivity contribution < 1.29 is 19.4 Å². The van der Waals surface area contributed by atoms with Gasteiger partial charge in [-0.1, -0.05) is 0 Å². The Morgan fingerprint density at radius 1 is 1.43 bits per heavy atom. The molecule has 1 amide bonds. The summed E-state index contributed by atoms with van der Waals surface area (Å²) in [5.74, 6) is -0.110. The summed E-state index contributed by atoms with van der Waals surface area (Å²) in [7, 11) is 1.58. The fraction of sp³-hybridized carbons (Fsp3) is 0.625. The first-order valence-corrected chi connectivity index (χ1v) is 8.66. The minimum absolute atomic E-state index is 0.0231. The summed E-state index contributed by atoms with van der Waals surface area (Å²) in [6.45, 7) is 4.04. The second-order valence-electron chi connectivity index (χ2n) is 6.52. The molecule has 1 spiro atoms. The van der Waals surface area contributed by atoms with Crippen molar-refractivity contribution in [2.75, 3.05) is 26.7 Å². The summed E-state index contributed by atoms with van der Waals surface area (Å²) >= 11 is 1.46. The highest BCUT2D eigenvalue weighted by Gasteiger charge is 2.44. The zero-order valence-corrected chi connectivity index (χ0v) is 14.2. The number of carbonyl (C=O) groups excluding carboxylic acids is 1. The normalized spacial score (nSPS) is 23.2. The molecule has 6 nitrogen and oxygen atoms in total. The Kier molecular flexibility index (Phi) is 4.33. The molecule has 23 heavy (non-hydrogen) atoms. The SMILES string of the molecule is COc1cc(C)sc1C(=O)N1CCC2(CC1)CN[C@H](C(=O)O)C2. The van der Waals surface area contributed by atoms with E-state index in [4.69, 9.17) is 9.84 Å². The first-order chi connectivity index (χ1) is 10.9. The van der Waals surface area contributed by atoms with Gasteiger partial charge in [0.1, 0.15) is 16.7 Å². The van der Waals surface area contributed by atoms with Gasteiger partial charge in [-0.15, -0.1) is 11.3 Å². The van der Waals surface area contributed by atoms with Crippen molar-refractivity contribution in [3.63, 3.8) is 0 Å². The Hall–Kier alpha value is -1.60. The van der Waals surface area contributed by atoms with Crippen LogP contribution in [0.25, 0.3) is 0 Å². The number of thiophene rings is 1. The van der Waals surface area contributed by atoms with Gasteiger partial charge in [0.2, 0.25) is 0 Å². The predicted octanol–water partition coefficient (Wildman–Crippen LogP) is 1.73. The smallest absolute Gasteiger partial charge is 0.320 e. The summed E-state index contributed by atoms with van der Waals surface area (Å²) in [6, 6.07) is 1.44. The van der Waals surface area contributed by atoms with Crippen molar-refractivity contribution in [3.05, 3.63) is 15.8 Å². The lowest BCUT2D eigenvalue weighted by Gasteiger charge is -2.38. The van der Waals surface area contributed by atoms with Crippen LogP contribution in [0, 0.1) is 12.3 Å². The molecule has 2 aliphatic heterocycles. The minimum Gasteiger partial charge on any atom is -0.495 e. The van der Waals surface area contributed by atoms with E-state index in [1.165, 1.54) is 11.3 Å². The fourth-order valence-electron chi connectivity index (χ4n) is 3.59. The van der Waals surface area contributed by atoms with E-state index in [-0.39, 0.29) is 11.3 Å². The van der Waals surface area contributed by atoms with Crippen LogP contribution in [0.15, 0.2) is 6.07 Å². The van der Waals surface area contributed by atoms with E-state index in [2.05, 4.69) is 5.32 Å². The van der Waals surface area contributed by atoms with Crippen molar-refractivity contribution in [2.45, 2.75) is 32.2 Å². The van der Waals surface area contributed by atoms with Gasteiger partial charge in [0.15, 0.2) is 0 Å². The van der Waals surface area contributed by atoms with Crippen LogP contribution >= 0.6 is 11.3 Å². The molecule has 3 rings (SSSR count). The number of aliphatic carboxylic acids is 1. The van der Waals surface area contributed by atoms with Gasteiger partial charge in [-0.2, -0.15) is 0 Å². The average molecular weight is 338 g/mol. The molecule has 2 fully saturated rings. The molecule has 0 unspecified atom stereocenters. The zero-order chi connectivity index (χ0) is 16.6. The van der Waals surface area contributed by atoms with Crippen LogP contribution in [0.1, 0.15) is 33.8 Å². The number of nitrogens with one attached hydrogen (secondary N) is 1. The number of hydrogen-bond donors (Lipinski definition) is 2. The van der Waals surface area contributed by atoms with E-state index in [1.54, 1.807) is 7.11 Å². The number of carboxylic acids is 1. The number of piperidine rings is 1. The molecule has 2 N–H and O–H groups in total. The molecule has 1 atom stereocenters. The summed E-state index contributed by atoms with van der Waals surface area (Å²) in [5.41, 5.74) is 0.0231.